The van der Waals surface area contributed by atoms with E-state index < -0.39 is 0 Å². The highest BCUT2D eigenvalue weighted by atomic mass is 32.2. The lowest BCUT2D eigenvalue weighted by Gasteiger charge is -2.24. The Bertz CT molecular complexity index is 609. The molecule has 2 saturated heterocycles. The zero-order valence-corrected chi connectivity index (χ0v) is 16.3. The molecule has 0 aromatic carbocycles. The van der Waals surface area contributed by atoms with E-state index in [1.807, 2.05) is 11.0 Å². The van der Waals surface area contributed by atoms with Gasteiger partial charge in [0.05, 0.1) is 0 Å². The topological polar surface area (TPSA) is 84.6 Å². The largest absolute Gasteiger partial charge is 0.383 e. The molecule has 0 radical (unpaired) electrons. The summed E-state index contributed by atoms with van der Waals surface area (Å²) < 4.78 is 5.55. The van der Waals surface area contributed by atoms with Gasteiger partial charge in [-0.05, 0) is 25.7 Å². The Morgan fingerprint density at radius 3 is 2.96 bits per heavy atom. The van der Waals surface area contributed by atoms with Gasteiger partial charge in [0.25, 0.3) is 5.91 Å². The van der Waals surface area contributed by atoms with Crippen LogP contribution in [0.15, 0.2) is 11.2 Å². The molecule has 144 valence electrons. The summed E-state index contributed by atoms with van der Waals surface area (Å²) in [5.74, 6) is 2.51. The zero-order chi connectivity index (χ0) is 18.4. The Labute approximate surface area is 159 Å². The lowest BCUT2D eigenvalue weighted by atomic mass is 10.2. The molecule has 7 nitrogen and oxygen atoms in total. The molecule has 2 aliphatic rings. The Kier molecular flexibility index (Phi) is 6.96. The van der Waals surface area contributed by atoms with Crippen LogP contribution in [0.4, 0.5) is 11.6 Å². The predicted molar refractivity (Wildman–Crippen MR) is 104 cm³/mol. The number of amides is 1. The molecule has 1 amide bonds. The molecule has 1 aromatic rings. The highest BCUT2D eigenvalue weighted by Gasteiger charge is 2.29. The molecule has 26 heavy (non-hydrogen) atoms. The van der Waals surface area contributed by atoms with Gasteiger partial charge in [0.15, 0.2) is 5.16 Å². The molecule has 2 aliphatic heterocycles. The molecule has 2 fully saturated rings. The summed E-state index contributed by atoms with van der Waals surface area (Å²) in [5, 5.41) is 0.741. The van der Waals surface area contributed by atoms with Crippen molar-refractivity contribution in [3.05, 3.63) is 6.07 Å². The van der Waals surface area contributed by atoms with Crippen LogP contribution >= 0.6 is 11.8 Å². The number of nitrogens with two attached hydrogens (primary N) is 1. The van der Waals surface area contributed by atoms with Crippen LogP contribution in [0.5, 0.6) is 0 Å². The molecule has 2 N–H and O–H groups in total. The third-order valence-electron chi connectivity index (χ3n) is 4.78. The normalized spacial score (nSPS) is 21.0. The molecule has 3 heterocycles. The third kappa shape index (κ3) is 5.01. The lowest BCUT2D eigenvalue weighted by molar-refractivity contribution is -0.140. The van der Waals surface area contributed by atoms with Crippen molar-refractivity contribution < 1.29 is 9.53 Å². The van der Waals surface area contributed by atoms with E-state index in [4.69, 9.17) is 10.5 Å². The molecular formula is C18H29N5O2S. The number of rotatable bonds is 6. The average molecular weight is 380 g/mol. The van der Waals surface area contributed by atoms with Crippen molar-refractivity contribution in [1.82, 2.24) is 14.9 Å². The van der Waals surface area contributed by atoms with E-state index in [0.29, 0.717) is 19.0 Å². The highest BCUT2D eigenvalue weighted by molar-refractivity contribution is 7.99. The zero-order valence-electron chi connectivity index (χ0n) is 15.5. The van der Waals surface area contributed by atoms with E-state index in [1.54, 1.807) is 11.8 Å². The van der Waals surface area contributed by atoms with Crippen LogP contribution in [0.3, 0.4) is 0 Å². The van der Waals surface area contributed by atoms with Crippen LogP contribution in [0.1, 0.15) is 39.0 Å². The molecule has 0 unspecified atom stereocenters. The summed E-state index contributed by atoms with van der Waals surface area (Å²) in [6.45, 7) is 5.97. The number of hydrogen-bond acceptors (Lipinski definition) is 7. The monoisotopic (exact) mass is 379 g/mol. The van der Waals surface area contributed by atoms with Crippen molar-refractivity contribution in [2.24, 2.45) is 0 Å². The van der Waals surface area contributed by atoms with Gasteiger partial charge < -0.3 is 20.3 Å². The van der Waals surface area contributed by atoms with Crippen LogP contribution in [0.25, 0.3) is 0 Å². The number of aromatic nitrogens is 2. The smallest absolute Gasteiger partial charge is 0.251 e. The van der Waals surface area contributed by atoms with Gasteiger partial charge in [-0.25, -0.2) is 9.97 Å². The van der Waals surface area contributed by atoms with Crippen molar-refractivity contribution in [3.8, 4) is 0 Å². The minimum Gasteiger partial charge on any atom is -0.383 e. The molecule has 0 spiro atoms. The summed E-state index contributed by atoms with van der Waals surface area (Å²) in [7, 11) is 0. The van der Waals surface area contributed by atoms with Crippen molar-refractivity contribution in [2.45, 2.75) is 50.3 Å². The maximum atomic E-state index is 12.6. The number of hydrogen-bond donors (Lipinski definition) is 1. The first-order valence-corrected chi connectivity index (χ1v) is 10.6. The van der Waals surface area contributed by atoms with Crippen LogP contribution in [0, 0.1) is 0 Å². The molecule has 8 heteroatoms. The van der Waals surface area contributed by atoms with Gasteiger partial charge in [0.2, 0.25) is 0 Å². The summed E-state index contributed by atoms with van der Waals surface area (Å²) >= 11 is 1.65. The SMILES string of the molecule is CCCCSc1nc(N)cc(N2CCCN(C(=O)[C@H]3CCCO3)CC2)n1. The molecule has 1 atom stereocenters. The van der Waals surface area contributed by atoms with Crippen molar-refractivity contribution in [3.63, 3.8) is 0 Å². The molecule has 0 aliphatic carbocycles. The van der Waals surface area contributed by atoms with E-state index in [0.717, 1.165) is 68.5 Å². The fraction of sp³-hybridized carbons (Fsp3) is 0.722. The average Bonchev–Trinajstić information content (AvgIpc) is 3.05. The first-order chi connectivity index (χ1) is 12.7. The second kappa shape index (κ2) is 9.41. The quantitative estimate of drug-likeness (QED) is 0.461. The summed E-state index contributed by atoms with van der Waals surface area (Å²) in [4.78, 5) is 25.8. The highest BCUT2D eigenvalue weighted by Crippen LogP contribution is 2.23. The minimum absolute atomic E-state index is 0.141. The summed E-state index contributed by atoms with van der Waals surface area (Å²) in [5.41, 5.74) is 6.00. The van der Waals surface area contributed by atoms with E-state index in [1.165, 1.54) is 0 Å². The predicted octanol–water partition coefficient (Wildman–Crippen LogP) is 2.17. The number of nitrogens with zero attached hydrogens (tertiary/aromatic N) is 4. The Morgan fingerprint density at radius 2 is 2.19 bits per heavy atom. The van der Waals surface area contributed by atoms with E-state index >= 15 is 0 Å². The first-order valence-electron chi connectivity index (χ1n) is 9.60. The number of thioether (sulfide) groups is 1. The Hall–Kier alpha value is -1.54. The van der Waals surface area contributed by atoms with E-state index in [-0.39, 0.29) is 12.0 Å². The van der Waals surface area contributed by atoms with Gasteiger partial charge >= 0.3 is 0 Å². The standard InChI is InChI=1S/C18H29N5O2S/c1-2-3-12-26-18-20-15(19)13-16(21-18)22-7-5-8-23(10-9-22)17(24)14-6-4-11-25-14/h13-14H,2-12H2,1H3,(H2,19,20,21)/t14-/m1/s1. The second-order valence-electron chi connectivity index (χ2n) is 6.80. The number of carbonyl (C=O) groups is 1. The van der Waals surface area contributed by atoms with E-state index in [9.17, 15) is 4.79 Å². The van der Waals surface area contributed by atoms with Gasteiger partial charge in [-0.15, -0.1) is 0 Å². The number of nitrogen functional groups attached to an aromatic ring is 1. The maximum absolute atomic E-state index is 12.6. The number of carbonyl (C=O) groups excluding carboxylic acids is 1. The van der Waals surface area contributed by atoms with Gasteiger partial charge in [0, 0.05) is 44.6 Å². The Morgan fingerprint density at radius 1 is 1.31 bits per heavy atom. The lowest BCUT2D eigenvalue weighted by Crippen LogP contribution is -2.41. The molecule has 0 bridgehead atoms. The second-order valence-corrected chi connectivity index (χ2v) is 7.87. The van der Waals surface area contributed by atoms with E-state index in [2.05, 4.69) is 21.8 Å². The number of unbranched alkanes of at least 4 members (excludes halogenated alkanes) is 1. The molecular weight excluding hydrogens is 350 g/mol. The van der Waals surface area contributed by atoms with Crippen molar-refractivity contribution >= 4 is 29.3 Å². The Balaban J connectivity index is 1.62. The fourth-order valence-electron chi connectivity index (χ4n) is 3.31. The third-order valence-corrected chi connectivity index (χ3v) is 5.71. The van der Waals surface area contributed by atoms with Crippen LogP contribution in [-0.2, 0) is 9.53 Å². The molecule has 0 saturated carbocycles. The van der Waals surface area contributed by atoms with Gasteiger partial charge in [-0.3, -0.25) is 4.79 Å². The van der Waals surface area contributed by atoms with Crippen LogP contribution < -0.4 is 10.6 Å². The summed E-state index contributed by atoms with van der Waals surface area (Å²) in [6.07, 6.45) is 4.80. The fourth-order valence-corrected chi connectivity index (χ4v) is 4.25. The first kappa shape index (κ1) is 19.2. The van der Waals surface area contributed by atoms with Crippen LogP contribution in [0.2, 0.25) is 0 Å². The summed E-state index contributed by atoms with van der Waals surface area (Å²) in [6, 6.07) is 1.83. The van der Waals surface area contributed by atoms with Gasteiger partial charge in [0.1, 0.15) is 17.7 Å². The minimum atomic E-state index is -0.238. The molecule has 3 rings (SSSR count). The van der Waals surface area contributed by atoms with Gasteiger partial charge in [-0.2, -0.15) is 0 Å². The maximum Gasteiger partial charge on any atom is 0.251 e. The number of ether oxygens (including phenoxy) is 1. The van der Waals surface area contributed by atoms with Crippen molar-refractivity contribution in [2.75, 3.05) is 49.2 Å². The number of anilines is 2. The van der Waals surface area contributed by atoms with Crippen molar-refractivity contribution in [1.29, 1.82) is 0 Å². The van der Waals surface area contributed by atoms with Gasteiger partial charge in [-0.1, -0.05) is 25.1 Å². The van der Waals surface area contributed by atoms with Crippen LogP contribution in [-0.4, -0.2) is 65.4 Å². The molecule has 1 aromatic heterocycles.